The second-order valence-corrected chi connectivity index (χ2v) is 4.79. The van der Waals surface area contributed by atoms with Gasteiger partial charge in [0.05, 0.1) is 24.0 Å². The first kappa shape index (κ1) is 11.7. The molecule has 1 fully saturated rings. The van der Waals surface area contributed by atoms with Gasteiger partial charge in [0.15, 0.2) is 0 Å². The largest absolute Gasteiger partial charge is 0.380 e. The highest BCUT2D eigenvalue weighted by Crippen LogP contribution is 2.12. The normalized spacial score (nSPS) is 19.7. The van der Waals surface area contributed by atoms with Crippen LogP contribution in [0.15, 0.2) is 30.6 Å². The Morgan fingerprint density at radius 3 is 3.22 bits per heavy atom. The number of benzene rings is 1. The van der Waals surface area contributed by atoms with Crippen molar-refractivity contribution in [1.29, 1.82) is 0 Å². The van der Waals surface area contributed by atoms with Crippen molar-refractivity contribution in [2.45, 2.75) is 25.4 Å². The van der Waals surface area contributed by atoms with Gasteiger partial charge >= 0.3 is 0 Å². The van der Waals surface area contributed by atoms with E-state index < -0.39 is 0 Å². The quantitative estimate of drug-likeness (QED) is 0.816. The highest BCUT2D eigenvalue weighted by atomic mass is 16.5. The number of fused-ring (bicyclic) bond motifs is 1. The van der Waals surface area contributed by atoms with Gasteiger partial charge in [-0.1, -0.05) is 12.1 Å². The molecule has 0 saturated carbocycles. The summed E-state index contributed by atoms with van der Waals surface area (Å²) in [4.78, 5) is 4.40. The van der Waals surface area contributed by atoms with Gasteiger partial charge in [0, 0.05) is 19.2 Å². The molecule has 0 spiro atoms. The predicted molar refractivity (Wildman–Crippen MR) is 71.6 cm³/mol. The summed E-state index contributed by atoms with van der Waals surface area (Å²) in [5.41, 5.74) is 2.30. The Bertz CT molecular complexity index is 502. The first-order chi connectivity index (χ1) is 8.93. The van der Waals surface area contributed by atoms with E-state index in [-0.39, 0.29) is 0 Å². The van der Waals surface area contributed by atoms with E-state index in [0.717, 1.165) is 44.7 Å². The monoisotopic (exact) mass is 245 g/mol. The molecule has 2 aromatic rings. The molecule has 2 heterocycles. The average Bonchev–Trinajstić information content (AvgIpc) is 3.04. The van der Waals surface area contributed by atoms with Crippen molar-refractivity contribution in [3.8, 4) is 0 Å². The van der Waals surface area contributed by atoms with Crippen LogP contribution >= 0.6 is 0 Å². The van der Waals surface area contributed by atoms with Gasteiger partial charge in [-0.3, -0.25) is 0 Å². The molecule has 18 heavy (non-hydrogen) atoms. The SMILES string of the molecule is c1ccc2c(c1)ncn2CCCNC1CCOC1. The van der Waals surface area contributed by atoms with Crippen LogP contribution in [0.3, 0.4) is 0 Å². The number of rotatable bonds is 5. The lowest BCUT2D eigenvalue weighted by molar-refractivity contribution is 0.190. The highest BCUT2D eigenvalue weighted by Gasteiger charge is 2.13. The number of aryl methyl sites for hydroxylation is 1. The maximum atomic E-state index is 5.34. The van der Waals surface area contributed by atoms with E-state index >= 15 is 0 Å². The third-order valence-corrected chi connectivity index (χ3v) is 3.47. The van der Waals surface area contributed by atoms with Gasteiger partial charge < -0.3 is 14.6 Å². The summed E-state index contributed by atoms with van der Waals surface area (Å²) in [6.07, 6.45) is 4.20. The zero-order valence-electron chi connectivity index (χ0n) is 10.5. The molecule has 0 radical (unpaired) electrons. The molecule has 1 saturated heterocycles. The van der Waals surface area contributed by atoms with Gasteiger partial charge in [-0.25, -0.2) is 4.98 Å². The maximum Gasteiger partial charge on any atom is 0.0958 e. The Morgan fingerprint density at radius 1 is 1.39 bits per heavy atom. The molecule has 1 aliphatic rings. The molecule has 1 unspecified atom stereocenters. The molecule has 1 aromatic carbocycles. The molecule has 0 bridgehead atoms. The van der Waals surface area contributed by atoms with Gasteiger partial charge in [0.1, 0.15) is 0 Å². The summed E-state index contributed by atoms with van der Waals surface area (Å²) in [6, 6.07) is 8.83. The topological polar surface area (TPSA) is 39.1 Å². The number of nitrogens with one attached hydrogen (secondary N) is 1. The molecule has 1 aliphatic heterocycles. The first-order valence-electron chi connectivity index (χ1n) is 6.64. The van der Waals surface area contributed by atoms with Crippen LogP contribution in [-0.4, -0.2) is 35.4 Å². The summed E-state index contributed by atoms with van der Waals surface area (Å²) in [7, 11) is 0. The fraction of sp³-hybridized carbons (Fsp3) is 0.500. The second kappa shape index (κ2) is 5.50. The lowest BCUT2D eigenvalue weighted by Gasteiger charge is -2.10. The summed E-state index contributed by atoms with van der Waals surface area (Å²) < 4.78 is 7.56. The third-order valence-electron chi connectivity index (χ3n) is 3.47. The number of hydrogen-bond donors (Lipinski definition) is 1. The Labute approximate surface area is 107 Å². The van der Waals surface area contributed by atoms with E-state index in [1.165, 1.54) is 5.52 Å². The Balaban J connectivity index is 1.50. The fourth-order valence-electron chi connectivity index (χ4n) is 2.44. The minimum absolute atomic E-state index is 0.560. The van der Waals surface area contributed by atoms with E-state index in [2.05, 4.69) is 33.1 Å². The number of imidazole rings is 1. The van der Waals surface area contributed by atoms with Gasteiger partial charge in [0.2, 0.25) is 0 Å². The standard InChI is InChI=1S/C14H19N3O/c1-2-5-14-13(4-1)16-11-17(14)8-3-7-15-12-6-9-18-10-12/h1-2,4-5,11-12,15H,3,6-10H2. The fourth-order valence-corrected chi connectivity index (χ4v) is 2.44. The van der Waals surface area contributed by atoms with Crippen LogP contribution in [0.1, 0.15) is 12.8 Å². The van der Waals surface area contributed by atoms with Gasteiger partial charge in [-0.05, 0) is 31.5 Å². The minimum Gasteiger partial charge on any atom is -0.380 e. The molecular formula is C14H19N3O. The van der Waals surface area contributed by atoms with Crippen molar-refractivity contribution >= 4 is 11.0 Å². The molecular weight excluding hydrogens is 226 g/mol. The van der Waals surface area contributed by atoms with E-state index in [4.69, 9.17) is 4.74 Å². The number of ether oxygens (including phenoxy) is 1. The van der Waals surface area contributed by atoms with Crippen LogP contribution in [0.2, 0.25) is 0 Å². The smallest absolute Gasteiger partial charge is 0.0958 e. The summed E-state index contributed by atoms with van der Waals surface area (Å²) in [5, 5.41) is 3.53. The molecule has 1 N–H and O–H groups in total. The Kier molecular flexibility index (Phi) is 3.57. The van der Waals surface area contributed by atoms with Gasteiger partial charge in [0.25, 0.3) is 0 Å². The van der Waals surface area contributed by atoms with Crippen molar-refractivity contribution < 1.29 is 4.74 Å². The molecule has 3 rings (SSSR count). The molecule has 0 aliphatic carbocycles. The third kappa shape index (κ3) is 2.54. The number of aromatic nitrogens is 2. The zero-order valence-corrected chi connectivity index (χ0v) is 10.5. The predicted octanol–water partition coefficient (Wildman–Crippen LogP) is 1.80. The van der Waals surface area contributed by atoms with Crippen LogP contribution < -0.4 is 5.32 Å². The van der Waals surface area contributed by atoms with E-state index in [9.17, 15) is 0 Å². The average molecular weight is 245 g/mol. The molecule has 4 heteroatoms. The molecule has 0 amide bonds. The van der Waals surface area contributed by atoms with Crippen LogP contribution in [0.25, 0.3) is 11.0 Å². The van der Waals surface area contributed by atoms with Crippen LogP contribution in [0.5, 0.6) is 0 Å². The molecule has 1 atom stereocenters. The van der Waals surface area contributed by atoms with E-state index in [1.807, 2.05) is 12.4 Å². The van der Waals surface area contributed by atoms with E-state index in [1.54, 1.807) is 0 Å². The van der Waals surface area contributed by atoms with Crippen molar-refractivity contribution in [3.05, 3.63) is 30.6 Å². The van der Waals surface area contributed by atoms with Crippen molar-refractivity contribution in [2.75, 3.05) is 19.8 Å². The minimum atomic E-state index is 0.560. The van der Waals surface area contributed by atoms with Crippen LogP contribution in [0.4, 0.5) is 0 Å². The number of nitrogens with zero attached hydrogens (tertiary/aromatic N) is 2. The van der Waals surface area contributed by atoms with E-state index in [0.29, 0.717) is 6.04 Å². The second-order valence-electron chi connectivity index (χ2n) is 4.79. The molecule has 1 aromatic heterocycles. The Hall–Kier alpha value is -1.39. The molecule has 96 valence electrons. The molecule has 4 nitrogen and oxygen atoms in total. The summed E-state index contributed by atoms with van der Waals surface area (Å²) in [6.45, 7) is 3.83. The highest BCUT2D eigenvalue weighted by molar-refractivity contribution is 5.74. The summed E-state index contributed by atoms with van der Waals surface area (Å²) >= 11 is 0. The maximum absolute atomic E-state index is 5.34. The number of hydrogen-bond acceptors (Lipinski definition) is 3. The Morgan fingerprint density at radius 2 is 2.33 bits per heavy atom. The lowest BCUT2D eigenvalue weighted by Crippen LogP contribution is -2.30. The van der Waals surface area contributed by atoms with Crippen LogP contribution in [0, 0.1) is 0 Å². The zero-order chi connectivity index (χ0) is 12.2. The first-order valence-corrected chi connectivity index (χ1v) is 6.64. The van der Waals surface area contributed by atoms with Gasteiger partial charge in [-0.2, -0.15) is 0 Å². The summed E-state index contributed by atoms with van der Waals surface area (Å²) in [5.74, 6) is 0. The van der Waals surface area contributed by atoms with Gasteiger partial charge in [-0.15, -0.1) is 0 Å². The van der Waals surface area contributed by atoms with Crippen molar-refractivity contribution in [2.24, 2.45) is 0 Å². The van der Waals surface area contributed by atoms with Crippen molar-refractivity contribution in [3.63, 3.8) is 0 Å². The number of para-hydroxylation sites is 2. The lowest BCUT2D eigenvalue weighted by atomic mass is 10.2. The van der Waals surface area contributed by atoms with Crippen molar-refractivity contribution in [1.82, 2.24) is 14.9 Å². The van der Waals surface area contributed by atoms with Crippen LogP contribution in [-0.2, 0) is 11.3 Å².